The maximum absolute atomic E-state index is 11.0. The van der Waals surface area contributed by atoms with Crippen molar-refractivity contribution < 1.29 is 8.42 Å². The van der Waals surface area contributed by atoms with E-state index in [0.717, 1.165) is 44.3 Å². The molecule has 7 heterocycles. The van der Waals surface area contributed by atoms with Crippen molar-refractivity contribution in [3.8, 4) is 0 Å². The molecule has 0 aliphatic carbocycles. The van der Waals surface area contributed by atoms with Gasteiger partial charge in [0.15, 0.2) is 9.84 Å². The molecule has 7 aliphatic heterocycles. The van der Waals surface area contributed by atoms with Crippen LogP contribution >= 0.6 is 0 Å². The number of piperazine rings is 3. The van der Waals surface area contributed by atoms with Gasteiger partial charge in [0.2, 0.25) is 0 Å². The number of rotatable bonds is 7. The van der Waals surface area contributed by atoms with Crippen LogP contribution in [0.2, 0.25) is 0 Å². The minimum atomic E-state index is -2.69. The molecule has 0 bridgehead atoms. The Kier molecular flexibility index (Phi) is 34.2. The lowest BCUT2D eigenvalue weighted by Gasteiger charge is -2.45. The van der Waals surface area contributed by atoms with E-state index in [4.69, 9.17) is 0 Å². The number of likely N-dealkylation sites (tertiary alicyclic amines) is 2. The molecular formula is C66H134N10O2S. The Labute approximate surface area is 492 Å². The zero-order chi connectivity index (χ0) is 59.9. The monoisotopic (exact) mass is 1130 g/mol. The Morgan fingerprint density at radius 2 is 0.987 bits per heavy atom. The third-order valence-corrected chi connectivity index (χ3v) is 19.6. The second-order valence-corrected chi connectivity index (χ2v) is 30.3. The fraction of sp³-hybridized carbons (Fsp3) is 0.909. The summed E-state index contributed by atoms with van der Waals surface area (Å²) in [6, 6.07) is 19.1. The first-order valence-electron chi connectivity index (χ1n) is 32.5. The minimum Gasteiger partial charge on any atom is -0.314 e. The number of fused-ring (bicyclic) bond motifs is 1. The normalized spacial score (nSPS) is 29.4. The van der Waals surface area contributed by atoms with Gasteiger partial charge in [-0.05, 0) is 216 Å². The molecule has 466 valence electrons. The lowest BCUT2D eigenvalue weighted by molar-refractivity contribution is 0.0470. The average Bonchev–Trinajstić information content (AvgIpc) is 3.35. The van der Waals surface area contributed by atoms with Crippen LogP contribution in [0.5, 0.6) is 0 Å². The van der Waals surface area contributed by atoms with E-state index in [0.29, 0.717) is 103 Å². The summed E-state index contributed by atoms with van der Waals surface area (Å²) >= 11 is 0. The summed E-state index contributed by atoms with van der Waals surface area (Å²) in [5.74, 6) is 0.677. The van der Waals surface area contributed by atoms with Crippen molar-refractivity contribution in [3.05, 3.63) is 35.4 Å². The summed E-state index contributed by atoms with van der Waals surface area (Å²) in [4.78, 5) is 17.7. The topological polar surface area (TPSA) is 92.9 Å². The SMILES string of the molecule is CC(C)N1C(C)CCCC1C.CC(C)N1C(C)CNCC1C.CC(C)N1CCCCC1(C)C.CC(C)N1CCS(=O)(=O)CC1.CC(C)N1CCc2ccccc2C1.CC1CN(C(C)C)C(C)CN1.CC1CN(C(C)C)CC(C)N1. The molecule has 3 N–H and O–H groups in total. The molecule has 0 saturated carbocycles. The molecule has 1 aromatic carbocycles. The van der Waals surface area contributed by atoms with Gasteiger partial charge in [0.25, 0.3) is 0 Å². The molecule has 6 fully saturated rings. The minimum absolute atomic E-state index is 0.338. The molecule has 0 radical (unpaired) electrons. The number of sulfone groups is 1. The van der Waals surface area contributed by atoms with Crippen molar-refractivity contribution in [3.63, 3.8) is 0 Å². The molecule has 0 aromatic heterocycles. The van der Waals surface area contributed by atoms with E-state index in [-0.39, 0.29) is 0 Å². The van der Waals surface area contributed by atoms with E-state index < -0.39 is 9.84 Å². The average molecular weight is 1130 g/mol. The first-order valence-corrected chi connectivity index (χ1v) is 34.4. The van der Waals surface area contributed by atoms with Crippen molar-refractivity contribution in [2.75, 3.05) is 77.0 Å². The van der Waals surface area contributed by atoms with Gasteiger partial charge in [-0.1, -0.05) is 37.1 Å². The van der Waals surface area contributed by atoms with E-state index in [1.54, 1.807) is 5.56 Å². The smallest absolute Gasteiger partial charge is 0.152 e. The van der Waals surface area contributed by atoms with Crippen LogP contribution in [0.4, 0.5) is 0 Å². The summed E-state index contributed by atoms with van der Waals surface area (Å²) in [5, 5.41) is 10.4. The standard InChI is InChI=1S/C12H17N.2C10H21N.3C9H20N2.C7H15NO2S/c1-10(2)13-8-7-11-5-3-4-6-12(11)9-13;1-9(2)11-8-6-5-7-10(11,3)4;1-8(2)11-9(3)6-5-7-10(11)4;1-7(2)11-6-8(3)10-5-9(11)4;1-7(2)11-5-8(3)10-9(4)6-11;1-7(2)11-8(3)5-10-6-9(11)4;1-7(2)8-3-5-11(9,10)6-4-8/h3-6,10H,7-9H2,1-2H3;9H,5-8H2,1-4H3;8-10H,5-7H2,1-4H3;3*7-10H,5-6H2,1-4H3;7H,3-6H2,1-2H3. The van der Waals surface area contributed by atoms with Crippen LogP contribution in [-0.2, 0) is 22.8 Å². The Balaban J connectivity index is 0.000000315. The van der Waals surface area contributed by atoms with Crippen molar-refractivity contribution >= 4 is 9.84 Å². The molecule has 6 saturated heterocycles. The fourth-order valence-corrected chi connectivity index (χ4v) is 14.9. The molecule has 8 unspecified atom stereocenters. The fourth-order valence-electron chi connectivity index (χ4n) is 13.6. The van der Waals surface area contributed by atoms with Gasteiger partial charge in [-0.15, -0.1) is 0 Å². The van der Waals surface area contributed by atoms with E-state index in [1.165, 1.54) is 83.2 Å². The summed E-state index contributed by atoms with van der Waals surface area (Å²) in [6.07, 6.45) is 9.59. The molecular weight excluding hydrogens is 997 g/mol. The Morgan fingerprint density at radius 1 is 0.494 bits per heavy atom. The first-order chi connectivity index (χ1) is 36.8. The maximum Gasteiger partial charge on any atom is 0.152 e. The van der Waals surface area contributed by atoms with Crippen molar-refractivity contribution in [1.29, 1.82) is 0 Å². The predicted molar refractivity (Wildman–Crippen MR) is 347 cm³/mol. The Morgan fingerprint density at radius 3 is 1.39 bits per heavy atom. The van der Waals surface area contributed by atoms with E-state index in [9.17, 15) is 8.42 Å². The van der Waals surface area contributed by atoms with Gasteiger partial charge in [-0.3, -0.25) is 34.3 Å². The van der Waals surface area contributed by atoms with Crippen molar-refractivity contribution in [2.45, 2.75) is 314 Å². The highest BCUT2D eigenvalue weighted by atomic mass is 32.2. The number of piperidine rings is 2. The summed E-state index contributed by atoms with van der Waals surface area (Å²) < 4.78 is 22.0. The Hall–Kier alpha value is -1.23. The summed E-state index contributed by atoms with van der Waals surface area (Å²) in [7, 11) is -2.69. The van der Waals surface area contributed by atoms with E-state index >= 15 is 0 Å². The summed E-state index contributed by atoms with van der Waals surface area (Å²) in [6.45, 7) is 66.7. The molecule has 79 heavy (non-hydrogen) atoms. The van der Waals surface area contributed by atoms with Gasteiger partial charge in [0.1, 0.15) is 0 Å². The van der Waals surface area contributed by atoms with Crippen LogP contribution in [0.15, 0.2) is 24.3 Å². The highest BCUT2D eigenvalue weighted by Gasteiger charge is 2.32. The molecule has 0 amide bonds. The quantitative estimate of drug-likeness (QED) is 0.243. The van der Waals surface area contributed by atoms with Crippen LogP contribution in [0.3, 0.4) is 0 Å². The number of nitrogens with zero attached hydrogens (tertiary/aromatic N) is 7. The number of nitrogens with one attached hydrogen (secondary N) is 3. The molecule has 7 aliphatic rings. The van der Waals surface area contributed by atoms with Crippen LogP contribution in [-0.4, -0.2) is 216 Å². The molecule has 8 rings (SSSR count). The highest BCUT2D eigenvalue weighted by molar-refractivity contribution is 7.91. The third kappa shape index (κ3) is 27.1. The largest absolute Gasteiger partial charge is 0.314 e. The number of hydrogen-bond acceptors (Lipinski definition) is 12. The molecule has 13 heteroatoms. The van der Waals surface area contributed by atoms with E-state index in [1.807, 2.05) is 0 Å². The van der Waals surface area contributed by atoms with E-state index in [2.05, 4.69) is 241 Å². The van der Waals surface area contributed by atoms with Crippen molar-refractivity contribution in [2.24, 2.45) is 0 Å². The lowest BCUT2D eigenvalue weighted by atomic mass is 9.89. The third-order valence-electron chi connectivity index (χ3n) is 18.0. The van der Waals surface area contributed by atoms with Gasteiger partial charge in [-0.2, -0.15) is 0 Å². The van der Waals surface area contributed by atoms with Gasteiger partial charge in [0.05, 0.1) is 11.5 Å². The molecule has 1 aromatic rings. The zero-order valence-electron chi connectivity index (χ0n) is 56.5. The van der Waals surface area contributed by atoms with Gasteiger partial charge < -0.3 is 16.0 Å². The lowest BCUT2D eigenvalue weighted by Crippen LogP contribution is -2.57. The second kappa shape index (κ2) is 36.6. The molecule has 12 nitrogen and oxygen atoms in total. The number of benzene rings is 1. The van der Waals surface area contributed by atoms with Crippen LogP contribution < -0.4 is 16.0 Å². The van der Waals surface area contributed by atoms with Crippen LogP contribution in [0, 0.1) is 0 Å². The van der Waals surface area contributed by atoms with Gasteiger partial charge >= 0.3 is 0 Å². The zero-order valence-corrected chi connectivity index (χ0v) is 57.3. The van der Waals surface area contributed by atoms with Crippen LogP contribution in [0.1, 0.15) is 216 Å². The maximum atomic E-state index is 11.0. The first kappa shape index (κ1) is 73.9. The number of hydrogen-bond donors (Lipinski definition) is 3. The second-order valence-electron chi connectivity index (χ2n) is 28.0. The van der Waals surface area contributed by atoms with Crippen LogP contribution in [0.25, 0.3) is 0 Å². The van der Waals surface area contributed by atoms with Gasteiger partial charge in [0, 0.05) is 162 Å². The van der Waals surface area contributed by atoms with Gasteiger partial charge in [-0.25, -0.2) is 8.42 Å². The molecule has 0 spiro atoms. The van der Waals surface area contributed by atoms with Crippen molar-refractivity contribution in [1.82, 2.24) is 50.2 Å². The highest BCUT2D eigenvalue weighted by Crippen LogP contribution is 2.29. The molecule has 8 atom stereocenters. The summed E-state index contributed by atoms with van der Waals surface area (Å²) in [5.41, 5.74) is 3.51. The Bertz CT molecular complexity index is 1780. The predicted octanol–water partition coefficient (Wildman–Crippen LogP) is 11.1.